The molecule has 130 valence electrons. The second-order valence-electron chi connectivity index (χ2n) is 6.79. The van der Waals surface area contributed by atoms with E-state index in [0.29, 0.717) is 17.5 Å². The molecule has 0 saturated heterocycles. The van der Waals surface area contributed by atoms with Crippen LogP contribution in [0.2, 0.25) is 5.15 Å². The Morgan fingerprint density at radius 1 is 1.46 bits per heavy atom. The van der Waals surface area contributed by atoms with Gasteiger partial charge in [-0.25, -0.2) is 4.68 Å². The Labute approximate surface area is 147 Å². The predicted molar refractivity (Wildman–Crippen MR) is 94.4 cm³/mol. The maximum Gasteiger partial charge on any atom is 0.226 e. The molecule has 0 fully saturated rings. The van der Waals surface area contributed by atoms with E-state index in [-0.39, 0.29) is 11.8 Å². The smallest absolute Gasteiger partial charge is 0.226 e. The minimum absolute atomic E-state index is 0.000713. The normalized spacial score (nSPS) is 17.2. The molecule has 1 aliphatic rings. The van der Waals surface area contributed by atoms with Crippen LogP contribution < -0.4 is 5.32 Å². The van der Waals surface area contributed by atoms with Crippen LogP contribution in [-0.2, 0) is 24.8 Å². The Kier molecular flexibility index (Phi) is 4.67. The summed E-state index contributed by atoms with van der Waals surface area (Å²) in [5.41, 5.74) is 2.94. The maximum atomic E-state index is 12.3. The van der Waals surface area contributed by atoms with Gasteiger partial charge in [-0.2, -0.15) is 10.2 Å². The van der Waals surface area contributed by atoms with Crippen molar-refractivity contribution in [3.05, 3.63) is 28.2 Å². The fourth-order valence-electron chi connectivity index (χ4n) is 3.26. The number of rotatable bonds is 5. The summed E-state index contributed by atoms with van der Waals surface area (Å²) in [6.07, 6.45) is 4.04. The lowest BCUT2D eigenvalue weighted by Crippen LogP contribution is -2.25. The van der Waals surface area contributed by atoms with E-state index in [2.05, 4.69) is 36.3 Å². The lowest BCUT2D eigenvalue weighted by molar-refractivity contribution is -0.116. The molecule has 0 spiro atoms. The Hall–Kier alpha value is -1.82. The van der Waals surface area contributed by atoms with Crippen molar-refractivity contribution in [2.45, 2.75) is 52.5 Å². The van der Waals surface area contributed by atoms with Gasteiger partial charge in [-0.05, 0) is 18.8 Å². The van der Waals surface area contributed by atoms with E-state index in [1.165, 1.54) is 0 Å². The van der Waals surface area contributed by atoms with Gasteiger partial charge in [0.15, 0.2) is 0 Å². The highest BCUT2D eigenvalue weighted by Crippen LogP contribution is 2.41. The van der Waals surface area contributed by atoms with Gasteiger partial charge in [0.05, 0.1) is 11.9 Å². The topological polar surface area (TPSA) is 64.7 Å². The Balaban J connectivity index is 2.03. The van der Waals surface area contributed by atoms with Crippen molar-refractivity contribution >= 4 is 23.3 Å². The van der Waals surface area contributed by atoms with E-state index in [1.807, 2.05) is 17.9 Å². The molecule has 1 aliphatic heterocycles. The highest BCUT2D eigenvalue weighted by Gasteiger charge is 2.34. The molecule has 1 amide bonds. The molecule has 7 heteroatoms. The summed E-state index contributed by atoms with van der Waals surface area (Å²) >= 11 is 6.49. The predicted octanol–water partition coefficient (Wildman–Crippen LogP) is 3.35. The third-order valence-corrected chi connectivity index (χ3v) is 5.03. The molecular weight excluding hydrogens is 326 g/mol. The van der Waals surface area contributed by atoms with Gasteiger partial charge in [-0.15, -0.1) is 0 Å². The Bertz CT molecular complexity index is 761. The minimum atomic E-state index is -0.0855. The Morgan fingerprint density at radius 3 is 2.88 bits per heavy atom. The molecule has 2 aromatic rings. The first-order valence-electron chi connectivity index (χ1n) is 8.49. The molecule has 2 aromatic heterocycles. The second-order valence-corrected chi connectivity index (χ2v) is 7.15. The molecule has 0 unspecified atom stereocenters. The molecule has 24 heavy (non-hydrogen) atoms. The van der Waals surface area contributed by atoms with Crippen molar-refractivity contribution in [2.24, 2.45) is 13.0 Å². The van der Waals surface area contributed by atoms with Crippen molar-refractivity contribution < 1.29 is 4.79 Å². The molecule has 3 rings (SSSR count). The highest BCUT2D eigenvalue weighted by atomic mass is 35.5. The molecule has 0 aliphatic carbocycles. The highest BCUT2D eigenvalue weighted by molar-refractivity contribution is 6.30. The largest absolute Gasteiger partial charge is 0.311 e. The van der Waals surface area contributed by atoms with Gasteiger partial charge < -0.3 is 5.32 Å². The molecule has 1 atom stereocenters. The lowest BCUT2D eigenvalue weighted by Gasteiger charge is -2.24. The summed E-state index contributed by atoms with van der Waals surface area (Å²) in [5, 5.41) is 12.6. The number of hydrogen-bond acceptors (Lipinski definition) is 3. The standard InChI is InChI=1S/C17H24ClN5O/c1-5-13-15(16(18)22(4)21-13)11-8-14(24)20-17-12(11)9-19-23(17)7-6-10(2)3/h9-11H,5-8H2,1-4H3,(H,20,24)/t11-/m1/s1. The van der Waals surface area contributed by atoms with E-state index in [1.54, 1.807) is 4.68 Å². The van der Waals surface area contributed by atoms with Crippen molar-refractivity contribution in [3.8, 4) is 0 Å². The molecule has 1 N–H and O–H groups in total. The maximum absolute atomic E-state index is 12.3. The summed E-state index contributed by atoms with van der Waals surface area (Å²) < 4.78 is 3.58. The fourth-order valence-corrected chi connectivity index (χ4v) is 3.53. The zero-order valence-corrected chi connectivity index (χ0v) is 15.4. The summed E-state index contributed by atoms with van der Waals surface area (Å²) in [6, 6.07) is 0. The van der Waals surface area contributed by atoms with Gasteiger partial charge in [0.25, 0.3) is 0 Å². The SMILES string of the molecule is CCc1nn(C)c(Cl)c1[C@@H]1CC(=O)Nc2c1cnn2CCC(C)C. The van der Waals surface area contributed by atoms with E-state index >= 15 is 0 Å². The number of nitrogens with zero attached hydrogens (tertiary/aromatic N) is 4. The molecule has 0 aromatic carbocycles. The molecular formula is C17H24ClN5O. The van der Waals surface area contributed by atoms with E-state index < -0.39 is 0 Å². The van der Waals surface area contributed by atoms with Crippen molar-refractivity contribution in [1.82, 2.24) is 19.6 Å². The first-order valence-corrected chi connectivity index (χ1v) is 8.86. The zero-order valence-electron chi connectivity index (χ0n) is 14.6. The van der Waals surface area contributed by atoms with Crippen LogP contribution in [-0.4, -0.2) is 25.5 Å². The van der Waals surface area contributed by atoms with Crippen LogP contribution in [0, 0.1) is 5.92 Å². The minimum Gasteiger partial charge on any atom is -0.311 e. The number of amides is 1. The molecule has 0 radical (unpaired) electrons. The molecule has 0 bridgehead atoms. The van der Waals surface area contributed by atoms with Gasteiger partial charge in [-0.1, -0.05) is 32.4 Å². The summed E-state index contributed by atoms with van der Waals surface area (Å²) in [7, 11) is 1.83. The molecule has 3 heterocycles. The van der Waals surface area contributed by atoms with E-state index in [4.69, 9.17) is 11.6 Å². The van der Waals surface area contributed by atoms with Crippen LogP contribution in [0.1, 0.15) is 56.4 Å². The summed E-state index contributed by atoms with van der Waals surface area (Å²) in [6.45, 7) is 7.21. The summed E-state index contributed by atoms with van der Waals surface area (Å²) in [4.78, 5) is 12.3. The third kappa shape index (κ3) is 2.95. The molecule has 6 nitrogen and oxygen atoms in total. The number of aromatic nitrogens is 4. The lowest BCUT2D eigenvalue weighted by atomic mass is 9.87. The van der Waals surface area contributed by atoms with Crippen LogP contribution >= 0.6 is 11.6 Å². The van der Waals surface area contributed by atoms with E-state index in [9.17, 15) is 4.79 Å². The van der Waals surface area contributed by atoms with Crippen LogP contribution in [0.15, 0.2) is 6.20 Å². The number of aryl methyl sites for hydroxylation is 3. The van der Waals surface area contributed by atoms with Crippen LogP contribution in [0.5, 0.6) is 0 Å². The van der Waals surface area contributed by atoms with Gasteiger partial charge >= 0.3 is 0 Å². The van der Waals surface area contributed by atoms with Crippen LogP contribution in [0.3, 0.4) is 0 Å². The summed E-state index contributed by atoms with van der Waals surface area (Å²) in [5.74, 6) is 1.30. The van der Waals surface area contributed by atoms with E-state index in [0.717, 1.165) is 42.0 Å². The number of halogens is 1. The van der Waals surface area contributed by atoms with Gasteiger partial charge in [0, 0.05) is 37.1 Å². The number of anilines is 1. The fraction of sp³-hybridized carbons (Fsp3) is 0.588. The third-order valence-electron chi connectivity index (χ3n) is 4.58. The van der Waals surface area contributed by atoms with Gasteiger partial charge in [-0.3, -0.25) is 9.48 Å². The zero-order chi connectivity index (χ0) is 17.4. The molecule has 0 saturated carbocycles. The second kappa shape index (κ2) is 6.59. The monoisotopic (exact) mass is 349 g/mol. The number of hydrogen-bond donors (Lipinski definition) is 1. The van der Waals surface area contributed by atoms with Gasteiger partial charge in [0.1, 0.15) is 11.0 Å². The average Bonchev–Trinajstić information content (AvgIpc) is 3.06. The number of nitrogens with one attached hydrogen (secondary N) is 1. The number of fused-ring (bicyclic) bond motifs is 1. The van der Waals surface area contributed by atoms with Crippen molar-refractivity contribution in [3.63, 3.8) is 0 Å². The van der Waals surface area contributed by atoms with Crippen LogP contribution in [0.4, 0.5) is 5.82 Å². The van der Waals surface area contributed by atoms with Crippen LogP contribution in [0.25, 0.3) is 0 Å². The van der Waals surface area contributed by atoms with Gasteiger partial charge in [0.2, 0.25) is 5.91 Å². The van der Waals surface area contributed by atoms with Crippen molar-refractivity contribution in [1.29, 1.82) is 0 Å². The number of carbonyl (C=O) groups excluding carboxylic acids is 1. The van der Waals surface area contributed by atoms with Crippen molar-refractivity contribution in [2.75, 3.05) is 5.32 Å². The average molecular weight is 350 g/mol. The Morgan fingerprint density at radius 2 is 2.21 bits per heavy atom. The first-order chi connectivity index (χ1) is 11.4. The number of carbonyl (C=O) groups is 1. The quantitative estimate of drug-likeness (QED) is 0.900. The first kappa shape index (κ1) is 17.0.